The van der Waals surface area contributed by atoms with Gasteiger partial charge in [-0.25, -0.2) is 0 Å². The lowest BCUT2D eigenvalue weighted by molar-refractivity contribution is -0.138. The maximum atomic E-state index is 10.4. The van der Waals surface area contributed by atoms with Gasteiger partial charge in [0, 0.05) is 5.70 Å². The SMILES string of the molecule is NC1=CCC=CC1C(=O)O. The van der Waals surface area contributed by atoms with Gasteiger partial charge in [-0.05, 0) is 6.42 Å². The summed E-state index contributed by atoms with van der Waals surface area (Å²) >= 11 is 0. The highest BCUT2D eigenvalue weighted by atomic mass is 16.4. The molecule has 1 atom stereocenters. The molecule has 0 aromatic rings. The molecule has 0 amide bonds. The minimum absolute atomic E-state index is 0.440. The van der Waals surface area contributed by atoms with Gasteiger partial charge in [-0.1, -0.05) is 18.2 Å². The second-order valence-corrected chi connectivity index (χ2v) is 2.18. The molecule has 0 aliphatic heterocycles. The summed E-state index contributed by atoms with van der Waals surface area (Å²) in [5.74, 6) is -1.49. The lowest BCUT2D eigenvalue weighted by Crippen LogP contribution is -2.20. The predicted octanol–water partition coefficient (Wildman–Crippen LogP) is 0.490. The van der Waals surface area contributed by atoms with Crippen LogP contribution >= 0.6 is 0 Å². The van der Waals surface area contributed by atoms with Crippen LogP contribution in [0.15, 0.2) is 23.9 Å². The van der Waals surface area contributed by atoms with Gasteiger partial charge in [-0.2, -0.15) is 0 Å². The summed E-state index contributed by atoms with van der Waals surface area (Å²) in [6.07, 6.45) is 5.88. The topological polar surface area (TPSA) is 63.3 Å². The molecule has 0 fully saturated rings. The molecule has 0 radical (unpaired) electrons. The number of nitrogens with two attached hydrogens (primary N) is 1. The molecule has 0 aromatic carbocycles. The van der Waals surface area contributed by atoms with Gasteiger partial charge in [0.2, 0.25) is 0 Å². The van der Waals surface area contributed by atoms with E-state index in [9.17, 15) is 4.79 Å². The van der Waals surface area contributed by atoms with Crippen molar-refractivity contribution in [3.63, 3.8) is 0 Å². The number of aliphatic carboxylic acids is 1. The highest BCUT2D eigenvalue weighted by Crippen LogP contribution is 2.13. The number of rotatable bonds is 1. The highest BCUT2D eigenvalue weighted by Gasteiger charge is 2.17. The maximum absolute atomic E-state index is 10.4. The number of carbonyl (C=O) groups is 1. The fourth-order valence-electron chi connectivity index (χ4n) is 0.882. The van der Waals surface area contributed by atoms with Crippen LogP contribution in [-0.2, 0) is 4.79 Å². The van der Waals surface area contributed by atoms with Gasteiger partial charge in [0.1, 0.15) is 5.92 Å². The molecule has 1 aliphatic rings. The summed E-state index contributed by atoms with van der Waals surface area (Å²) in [4.78, 5) is 10.4. The first kappa shape index (κ1) is 6.86. The number of hydrogen-bond acceptors (Lipinski definition) is 2. The van der Waals surface area contributed by atoms with Crippen LogP contribution in [0.3, 0.4) is 0 Å². The van der Waals surface area contributed by atoms with Gasteiger partial charge in [0.15, 0.2) is 0 Å². The number of allylic oxidation sites excluding steroid dienone is 2. The Hall–Kier alpha value is -1.25. The normalized spacial score (nSPS) is 24.0. The molecular formula is C7H9NO2. The first-order valence-corrected chi connectivity index (χ1v) is 3.07. The van der Waals surface area contributed by atoms with Crippen molar-refractivity contribution in [3.8, 4) is 0 Å². The summed E-state index contributed by atoms with van der Waals surface area (Å²) in [5.41, 5.74) is 5.85. The van der Waals surface area contributed by atoms with Crippen molar-refractivity contribution in [2.45, 2.75) is 6.42 Å². The Balaban J connectivity index is 2.75. The fraction of sp³-hybridized carbons (Fsp3) is 0.286. The van der Waals surface area contributed by atoms with Crippen molar-refractivity contribution in [1.82, 2.24) is 0 Å². The van der Waals surface area contributed by atoms with E-state index in [0.717, 1.165) is 6.42 Å². The molecule has 0 heterocycles. The van der Waals surface area contributed by atoms with E-state index in [2.05, 4.69) is 0 Å². The Morgan fingerprint density at radius 1 is 1.80 bits per heavy atom. The second kappa shape index (κ2) is 2.56. The molecule has 54 valence electrons. The molecule has 10 heavy (non-hydrogen) atoms. The molecule has 1 aliphatic carbocycles. The van der Waals surface area contributed by atoms with E-state index in [1.54, 1.807) is 18.2 Å². The zero-order valence-corrected chi connectivity index (χ0v) is 5.45. The van der Waals surface area contributed by atoms with Crippen LogP contribution in [0.5, 0.6) is 0 Å². The van der Waals surface area contributed by atoms with E-state index in [-0.39, 0.29) is 0 Å². The maximum Gasteiger partial charge on any atom is 0.316 e. The molecule has 0 saturated heterocycles. The van der Waals surface area contributed by atoms with E-state index in [0.29, 0.717) is 5.70 Å². The fourth-order valence-corrected chi connectivity index (χ4v) is 0.882. The molecule has 1 unspecified atom stereocenters. The van der Waals surface area contributed by atoms with Crippen LogP contribution in [-0.4, -0.2) is 11.1 Å². The molecule has 3 N–H and O–H groups in total. The monoisotopic (exact) mass is 139 g/mol. The molecule has 0 spiro atoms. The standard InChI is InChI=1S/C7H9NO2/c8-6-4-2-1-3-5(6)7(9)10/h1,3-5H,2,8H2,(H,9,10). The summed E-state index contributed by atoms with van der Waals surface area (Å²) in [5, 5.41) is 8.54. The minimum atomic E-state index is -0.885. The first-order chi connectivity index (χ1) is 4.72. The number of carboxylic acid groups (broad SMARTS) is 1. The third kappa shape index (κ3) is 1.18. The van der Waals surface area contributed by atoms with Crippen molar-refractivity contribution in [2.75, 3.05) is 0 Å². The molecule has 0 bridgehead atoms. The first-order valence-electron chi connectivity index (χ1n) is 3.07. The predicted molar refractivity (Wildman–Crippen MR) is 37.2 cm³/mol. The minimum Gasteiger partial charge on any atom is -0.481 e. The van der Waals surface area contributed by atoms with Crippen LogP contribution in [0, 0.1) is 5.92 Å². The molecule has 1 rings (SSSR count). The van der Waals surface area contributed by atoms with E-state index >= 15 is 0 Å². The smallest absolute Gasteiger partial charge is 0.316 e. The van der Waals surface area contributed by atoms with Gasteiger partial charge >= 0.3 is 5.97 Å². The van der Waals surface area contributed by atoms with Gasteiger partial charge in [-0.15, -0.1) is 0 Å². The average Bonchev–Trinajstić information content (AvgIpc) is 1.88. The van der Waals surface area contributed by atoms with Crippen LogP contribution < -0.4 is 5.73 Å². The summed E-state index contributed by atoms with van der Waals surface area (Å²) in [6, 6.07) is 0. The lowest BCUT2D eigenvalue weighted by atomic mass is 10.0. The van der Waals surface area contributed by atoms with Crippen molar-refractivity contribution >= 4 is 5.97 Å². The quantitative estimate of drug-likeness (QED) is 0.519. The van der Waals surface area contributed by atoms with E-state index < -0.39 is 11.9 Å². The van der Waals surface area contributed by atoms with Crippen molar-refractivity contribution in [1.29, 1.82) is 0 Å². The van der Waals surface area contributed by atoms with E-state index in [4.69, 9.17) is 10.8 Å². The summed E-state index contributed by atoms with van der Waals surface area (Å²) in [7, 11) is 0. The van der Waals surface area contributed by atoms with Crippen molar-refractivity contribution < 1.29 is 9.90 Å². The largest absolute Gasteiger partial charge is 0.481 e. The zero-order valence-electron chi connectivity index (χ0n) is 5.45. The third-order valence-corrected chi connectivity index (χ3v) is 1.44. The number of carboxylic acids is 1. The zero-order chi connectivity index (χ0) is 7.56. The average molecular weight is 139 g/mol. The Morgan fingerprint density at radius 2 is 2.50 bits per heavy atom. The molecule has 3 heteroatoms. The van der Waals surface area contributed by atoms with Gasteiger partial charge < -0.3 is 10.8 Å². The Morgan fingerprint density at radius 3 is 2.90 bits per heavy atom. The van der Waals surface area contributed by atoms with Gasteiger partial charge in [0.05, 0.1) is 0 Å². The van der Waals surface area contributed by atoms with Gasteiger partial charge in [-0.3, -0.25) is 4.79 Å². The van der Waals surface area contributed by atoms with Crippen molar-refractivity contribution in [2.24, 2.45) is 11.7 Å². The van der Waals surface area contributed by atoms with Crippen LogP contribution in [0.4, 0.5) is 0 Å². The molecule has 0 aromatic heterocycles. The molecular weight excluding hydrogens is 130 g/mol. The van der Waals surface area contributed by atoms with Crippen LogP contribution in [0.1, 0.15) is 6.42 Å². The van der Waals surface area contributed by atoms with E-state index in [1.165, 1.54) is 0 Å². The number of hydrogen-bond donors (Lipinski definition) is 2. The Labute approximate surface area is 58.8 Å². The second-order valence-electron chi connectivity index (χ2n) is 2.18. The Kier molecular flexibility index (Phi) is 1.76. The summed E-state index contributed by atoms with van der Waals surface area (Å²) in [6.45, 7) is 0. The molecule has 3 nitrogen and oxygen atoms in total. The molecule has 0 saturated carbocycles. The highest BCUT2D eigenvalue weighted by molar-refractivity contribution is 5.75. The summed E-state index contributed by atoms with van der Waals surface area (Å²) < 4.78 is 0. The Bertz CT molecular complexity index is 206. The van der Waals surface area contributed by atoms with Crippen molar-refractivity contribution in [3.05, 3.63) is 23.9 Å². The van der Waals surface area contributed by atoms with E-state index in [1.807, 2.05) is 0 Å². The van der Waals surface area contributed by atoms with Crippen LogP contribution in [0.25, 0.3) is 0 Å². The lowest BCUT2D eigenvalue weighted by Gasteiger charge is -2.10. The third-order valence-electron chi connectivity index (χ3n) is 1.44. The van der Waals surface area contributed by atoms with Crippen LogP contribution in [0.2, 0.25) is 0 Å². The van der Waals surface area contributed by atoms with Gasteiger partial charge in [0.25, 0.3) is 0 Å².